The van der Waals surface area contributed by atoms with Crippen molar-refractivity contribution in [2.45, 2.75) is 44.4 Å². The van der Waals surface area contributed by atoms with Gasteiger partial charge in [0.15, 0.2) is 6.10 Å². The number of piperidine rings is 1. The van der Waals surface area contributed by atoms with E-state index in [1.807, 2.05) is 6.07 Å². The van der Waals surface area contributed by atoms with E-state index in [-0.39, 0.29) is 0 Å². The molecule has 3 aliphatic heterocycles. The van der Waals surface area contributed by atoms with E-state index >= 15 is 0 Å². The van der Waals surface area contributed by atoms with Crippen molar-refractivity contribution in [1.29, 1.82) is 0 Å². The maximum Gasteiger partial charge on any atom is 0.337 e. The first-order valence-corrected chi connectivity index (χ1v) is 8.95. The highest BCUT2D eigenvalue weighted by Crippen LogP contribution is 2.49. The number of carboxylic acids is 1. The van der Waals surface area contributed by atoms with E-state index in [0.29, 0.717) is 11.6 Å². The molecule has 24 heavy (non-hydrogen) atoms. The third-order valence-corrected chi connectivity index (χ3v) is 6.30. The van der Waals surface area contributed by atoms with E-state index in [1.165, 1.54) is 30.6 Å². The highest BCUT2D eigenvalue weighted by Gasteiger charge is 2.42. The number of para-hydroxylation sites is 1. The smallest absolute Gasteiger partial charge is 0.337 e. The molecule has 0 radical (unpaired) electrons. The van der Waals surface area contributed by atoms with Crippen LogP contribution < -0.4 is 0 Å². The third kappa shape index (κ3) is 1.80. The van der Waals surface area contributed by atoms with Crippen molar-refractivity contribution in [3.63, 3.8) is 0 Å². The Hall–Kier alpha value is -1.85. The maximum atomic E-state index is 11.4. The predicted molar refractivity (Wildman–Crippen MR) is 89.9 cm³/mol. The van der Waals surface area contributed by atoms with Gasteiger partial charge in [-0.15, -0.1) is 0 Å². The number of aliphatic carboxylic acids is 1. The fourth-order valence-corrected chi connectivity index (χ4v) is 5.37. The number of benzene rings is 1. The summed E-state index contributed by atoms with van der Waals surface area (Å²) in [6, 6.07) is 6.23. The Morgan fingerprint density at radius 1 is 1.21 bits per heavy atom. The van der Waals surface area contributed by atoms with E-state index in [9.17, 15) is 15.0 Å². The number of hydrogen-bond acceptors (Lipinski definition) is 3. The van der Waals surface area contributed by atoms with Gasteiger partial charge in [0.05, 0.1) is 11.6 Å². The molecule has 126 valence electrons. The summed E-state index contributed by atoms with van der Waals surface area (Å²) in [4.78, 5) is 14.0. The van der Waals surface area contributed by atoms with Gasteiger partial charge in [-0.3, -0.25) is 4.90 Å². The van der Waals surface area contributed by atoms with Crippen molar-refractivity contribution >= 4 is 16.9 Å². The second-order valence-electron chi connectivity index (χ2n) is 7.42. The van der Waals surface area contributed by atoms with Gasteiger partial charge < -0.3 is 14.8 Å². The molecule has 5 rings (SSSR count). The third-order valence-electron chi connectivity index (χ3n) is 6.30. The molecular weight excluding hydrogens is 304 g/mol. The molecule has 1 fully saturated rings. The van der Waals surface area contributed by atoms with E-state index in [0.717, 1.165) is 42.8 Å². The fourth-order valence-electron chi connectivity index (χ4n) is 5.37. The van der Waals surface area contributed by atoms with Crippen LogP contribution in [0.15, 0.2) is 18.2 Å². The lowest BCUT2D eigenvalue weighted by Gasteiger charge is -2.47. The van der Waals surface area contributed by atoms with Gasteiger partial charge in [-0.1, -0.05) is 18.2 Å². The van der Waals surface area contributed by atoms with Crippen molar-refractivity contribution in [3.05, 3.63) is 35.0 Å². The highest BCUT2D eigenvalue weighted by molar-refractivity contribution is 5.92. The molecule has 5 heteroatoms. The Morgan fingerprint density at radius 3 is 2.92 bits per heavy atom. The summed E-state index contributed by atoms with van der Waals surface area (Å²) in [6.07, 6.45) is 3.30. The Balaban J connectivity index is 1.79. The lowest BCUT2D eigenvalue weighted by molar-refractivity contribution is -0.146. The Labute approximate surface area is 140 Å². The highest BCUT2D eigenvalue weighted by atomic mass is 16.4. The van der Waals surface area contributed by atoms with Crippen LogP contribution in [-0.4, -0.2) is 38.7 Å². The molecule has 1 unspecified atom stereocenters. The standard InChI is InChI=1S/C19H22N2O3/c22-18(19(23)24)14-5-1-4-12-13-7-9-20-8-2-3-11-6-10-21(16(12)14)17(13)15(11)20/h1,4-5,11,15,18,22H,2-3,6-10H2,(H,23,24)/t11-,15+,18?/m0/s1. The average Bonchev–Trinajstić information content (AvgIpc) is 2.94. The molecule has 5 nitrogen and oxygen atoms in total. The zero-order valence-electron chi connectivity index (χ0n) is 13.6. The van der Waals surface area contributed by atoms with Crippen LogP contribution in [0.5, 0.6) is 0 Å². The molecule has 2 N–H and O–H groups in total. The Kier molecular flexibility index (Phi) is 3.06. The second kappa shape index (κ2) is 5.07. The van der Waals surface area contributed by atoms with Crippen LogP contribution in [0.1, 0.15) is 48.2 Å². The van der Waals surface area contributed by atoms with Crippen molar-refractivity contribution in [3.8, 4) is 0 Å². The molecular formula is C19H22N2O3. The molecule has 1 saturated heterocycles. The zero-order chi connectivity index (χ0) is 16.4. The minimum atomic E-state index is -1.46. The van der Waals surface area contributed by atoms with E-state index in [4.69, 9.17) is 0 Å². The largest absolute Gasteiger partial charge is 0.479 e. The number of carboxylic acid groups (broad SMARTS) is 1. The first kappa shape index (κ1) is 14.5. The number of rotatable bonds is 2. The van der Waals surface area contributed by atoms with E-state index < -0.39 is 12.1 Å². The summed E-state index contributed by atoms with van der Waals surface area (Å²) in [5, 5.41) is 20.6. The van der Waals surface area contributed by atoms with Crippen LogP contribution in [-0.2, 0) is 17.8 Å². The molecule has 1 aromatic carbocycles. The van der Waals surface area contributed by atoms with Gasteiger partial charge in [0.2, 0.25) is 0 Å². The van der Waals surface area contributed by atoms with Gasteiger partial charge in [0.25, 0.3) is 0 Å². The molecule has 0 spiro atoms. The van der Waals surface area contributed by atoms with E-state index in [2.05, 4.69) is 15.5 Å². The molecule has 4 heterocycles. The summed E-state index contributed by atoms with van der Waals surface area (Å²) >= 11 is 0. The van der Waals surface area contributed by atoms with Gasteiger partial charge in [-0.2, -0.15) is 0 Å². The number of hydrogen-bond donors (Lipinski definition) is 2. The minimum absolute atomic E-state index is 0.485. The molecule has 3 atom stereocenters. The van der Waals surface area contributed by atoms with Crippen molar-refractivity contribution in [1.82, 2.24) is 9.47 Å². The number of nitrogens with zero attached hydrogens (tertiary/aromatic N) is 2. The summed E-state index contributed by atoms with van der Waals surface area (Å²) in [5.41, 5.74) is 4.27. The SMILES string of the molecule is O=C(O)C(O)c1cccc2c3c4n(c12)CC[C@@H]1CCCN(CC3)[C@@H]41. The van der Waals surface area contributed by atoms with Gasteiger partial charge in [0, 0.05) is 29.7 Å². The normalized spacial score (nSPS) is 27.0. The van der Waals surface area contributed by atoms with Crippen LogP contribution in [0.2, 0.25) is 0 Å². The van der Waals surface area contributed by atoms with Gasteiger partial charge in [0.1, 0.15) is 0 Å². The maximum absolute atomic E-state index is 11.4. The van der Waals surface area contributed by atoms with Crippen molar-refractivity contribution < 1.29 is 15.0 Å². The van der Waals surface area contributed by atoms with Crippen molar-refractivity contribution in [2.75, 3.05) is 13.1 Å². The fraction of sp³-hybridized carbons (Fsp3) is 0.526. The predicted octanol–water partition coefficient (Wildman–Crippen LogP) is 2.47. The molecule has 0 bridgehead atoms. The minimum Gasteiger partial charge on any atom is -0.479 e. The summed E-state index contributed by atoms with van der Waals surface area (Å²) in [5.74, 6) is -0.454. The Morgan fingerprint density at radius 2 is 2.08 bits per heavy atom. The number of carbonyl (C=O) groups is 1. The molecule has 1 aromatic heterocycles. The van der Waals surface area contributed by atoms with E-state index in [1.54, 1.807) is 6.07 Å². The van der Waals surface area contributed by atoms with Gasteiger partial charge in [-0.25, -0.2) is 4.79 Å². The van der Waals surface area contributed by atoms with Crippen LogP contribution in [0.4, 0.5) is 0 Å². The summed E-state index contributed by atoms with van der Waals surface area (Å²) < 4.78 is 2.32. The number of aryl methyl sites for hydroxylation is 1. The quantitative estimate of drug-likeness (QED) is 0.890. The topological polar surface area (TPSA) is 65.7 Å². The number of aliphatic hydroxyl groups is 1. The number of fused-ring (bicyclic) bond motifs is 3. The number of aliphatic hydroxyl groups excluding tert-OH is 1. The molecule has 0 amide bonds. The Bertz CT molecular complexity index is 835. The molecule has 2 aromatic rings. The number of aromatic nitrogens is 1. The first-order chi connectivity index (χ1) is 11.7. The van der Waals surface area contributed by atoms with Crippen LogP contribution >= 0.6 is 0 Å². The summed E-state index contributed by atoms with van der Waals surface area (Å²) in [7, 11) is 0. The molecule has 0 aliphatic carbocycles. The zero-order valence-corrected chi connectivity index (χ0v) is 13.6. The van der Waals surface area contributed by atoms with Crippen LogP contribution in [0, 0.1) is 5.92 Å². The second-order valence-corrected chi connectivity index (χ2v) is 7.42. The lowest BCUT2D eigenvalue weighted by Crippen LogP contribution is -2.46. The van der Waals surface area contributed by atoms with Gasteiger partial charge >= 0.3 is 5.97 Å². The van der Waals surface area contributed by atoms with Gasteiger partial charge in [-0.05, 0) is 43.7 Å². The van der Waals surface area contributed by atoms with Crippen molar-refractivity contribution in [2.24, 2.45) is 5.92 Å². The molecule has 3 aliphatic rings. The summed E-state index contributed by atoms with van der Waals surface area (Å²) in [6.45, 7) is 3.20. The lowest BCUT2D eigenvalue weighted by atomic mass is 9.79. The average molecular weight is 326 g/mol. The first-order valence-electron chi connectivity index (χ1n) is 8.95. The van der Waals surface area contributed by atoms with Crippen LogP contribution in [0.25, 0.3) is 10.9 Å². The molecule has 0 saturated carbocycles. The monoisotopic (exact) mass is 326 g/mol. The van der Waals surface area contributed by atoms with Crippen LogP contribution in [0.3, 0.4) is 0 Å².